The number of amides is 1. The second-order valence-corrected chi connectivity index (χ2v) is 10.3. The Morgan fingerprint density at radius 3 is 2.30 bits per heavy atom. The van der Waals surface area contributed by atoms with Crippen LogP contribution >= 0.6 is 28.1 Å². The Labute approximate surface area is 190 Å². The lowest BCUT2D eigenvalue weighted by Gasteiger charge is -2.20. The number of hydrogen-bond donors (Lipinski definition) is 3. The van der Waals surface area contributed by atoms with Gasteiger partial charge in [0.15, 0.2) is 5.11 Å². The summed E-state index contributed by atoms with van der Waals surface area (Å²) in [6.07, 6.45) is 0. The third-order valence-corrected chi connectivity index (χ3v) is 6.18. The molecule has 2 rings (SSSR count). The third kappa shape index (κ3) is 7.05. The van der Waals surface area contributed by atoms with E-state index in [-0.39, 0.29) is 15.9 Å². The molecule has 2 aromatic rings. The van der Waals surface area contributed by atoms with Crippen molar-refractivity contribution in [1.29, 1.82) is 0 Å². The van der Waals surface area contributed by atoms with E-state index in [1.165, 1.54) is 12.1 Å². The smallest absolute Gasteiger partial charge is 0.257 e. The number of carbonyl (C=O) groups is 1. The van der Waals surface area contributed by atoms with Crippen LogP contribution in [0, 0.1) is 0 Å². The fourth-order valence-corrected chi connectivity index (χ4v) is 4.55. The van der Waals surface area contributed by atoms with E-state index in [0.29, 0.717) is 28.1 Å². The number of carbonyl (C=O) groups excluding carboxylic acids is 1. The van der Waals surface area contributed by atoms with Gasteiger partial charge in [0.1, 0.15) is 5.75 Å². The van der Waals surface area contributed by atoms with Gasteiger partial charge in [0, 0.05) is 16.8 Å². The van der Waals surface area contributed by atoms with Crippen molar-refractivity contribution in [2.24, 2.45) is 0 Å². The average molecular weight is 514 g/mol. The summed E-state index contributed by atoms with van der Waals surface area (Å²) in [4.78, 5) is 12.5. The molecule has 10 heteroatoms. The van der Waals surface area contributed by atoms with Crippen LogP contribution in [0.5, 0.6) is 5.75 Å². The van der Waals surface area contributed by atoms with E-state index in [0.717, 1.165) is 0 Å². The predicted octanol–water partition coefficient (Wildman–Crippen LogP) is 4.05. The van der Waals surface area contributed by atoms with Gasteiger partial charge in [0.05, 0.1) is 16.0 Å². The number of ether oxygens (including phenoxy) is 1. The molecule has 0 bridgehead atoms. The summed E-state index contributed by atoms with van der Waals surface area (Å²) in [6, 6.07) is 11.0. The van der Waals surface area contributed by atoms with Crippen LogP contribution in [0.4, 0.5) is 5.69 Å². The number of benzene rings is 2. The minimum atomic E-state index is -3.63. The van der Waals surface area contributed by atoms with Gasteiger partial charge in [-0.2, -0.15) is 0 Å². The molecule has 0 aliphatic carbocycles. The molecular formula is C20H24BrN3O4S2. The van der Waals surface area contributed by atoms with E-state index in [1.807, 2.05) is 6.92 Å². The molecule has 0 heterocycles. The number of thiocarbonyl (C=S) groups is 1. The van der Waals surface area contributed by atoms with Crippen molar-refractivity contribution in [3.63, 3.8) is 0 Å². The molecule has 0 aromatic heterocycles. The van der Waals surface area contributed by atoms with Gasteiger partial charge in [-0.1, -0.05) is 0 Å². The fraction of sp³-hybridized carbons (Fsp3) is 0.300. The van der Waals surface area contributed by atoms with E-state index in [1.54, 1.807) is 51.1 Å². The molecule has 2 aromatic carbocycles. The van der Waals surface area contributed by atoms with Gasteiger partial charge in [-0.15, -0.1) is 0 Å². The van der Waals surface area contributed by atoms with Crippen molar-refractivity contribution in [2.45, 2.75) is 38.1 Å². The lowest BCUT2D eigenvalue weighted by atomic mass is 10.1. The zero-order chi connectivity index (χ0) is 22.5. The standard InChI is InChI=1S/C20H24BrN3O4S2/c1-5-28-17-11-6-13(12-16(17)21)18(25)23-19(29)22-14-7-9-15(10-8-14)30(26,27)24-20(2,3)4/h6-12,24H,5H2,1-4H3,(H2,22,23,25,29). The van der Waals surface area contributed by atoms with E-state index >= 15 is 0 Å². The second kappa shape index (κ2) is 9.86. The maximum absolute atomic E-state index is 12.4. The SMILES string of the molecule is CCOc1ccc(C(=O)NC(=S)Nc2ccc(S(=O)(=O)NC(C)(C)C)cc2)cc1Br. The molecule has 162 valence electrons. The lowest BCUT2D eigenvalue weighted by Crippen LogP contribution is -2.40. The van der Waals surface area contributed by atoms with Crippen molar-refractivity contribution >= 4 is 54.9 Å². The number of halogens is 1. The van der Waals surface area contributed by atoms with E-state index in [4.69, 9.17) is 17.0 Å². The largest absolute Gasteiger partial charge is 0.493 e. The van der Waals surface area contributed by atoms with E-state index in [9.17, 15) is 13.2 Å². The van der Waals surface area contributed by atoms with E-state index in [2.05, 4.69) is 31.3 Å². The maximum atomic E-state index is 12.4. The van der Waals surface area contributed by atoms with Crippen LogP contribution in [0.3, 0.4) is 0 Å². The fourth-order valence-electron chi connectivity index (χ4n) is 2.43. The lowest BCUT2D eigenvalue weighted by molar-refractivity contribution is 0.0977. The van der Waals surface area contributed by atoms with E-state index < -0.39 is 15.6 Å². The van der Waals surface area contributed by atoms with Crippen molar-refractivity contribution in [3.05, 3.63) is 52.5 Å². The summed E-state index contributed by atoms with van der Waals surface area (Å²) in [5.74, 6) is 0.260. The first-order valence-corrected chi connectivity index (χ1v) is 11.8. The van der Waals surface area contributed by atoms with Crippen LogP contribution in [0.15, 0.2) is 51.8 Å². The Hall–Kier alpha value is -2.01. The highest BCUT2D eigenvalue weighted by molar-refractivity contribution is 9.10. The Bertz CT molecular complexity index is 1030. The first-order valence-electron chi connectivity index (χ1n) is 9.10. The molecule has 0 saturated carbocycles. The Kier molecular flexibility index (Phi) is 7.98. The summed E-state index contributed by atoms with van der Waals surface area (Å²) in [7, 11) is -3.63. The van der Waals surface area contributed by atoms with Crippen molar-refractivity contribution in [1.82, 2.24) is 10.0 Å². The van der Waals surface area contributed by atoms with Gasteiger partial charge in [0.25, 0.3) is 5.91 Å². The number of anilines is 1. The Morgan fingerprint density at radius 2 is 1.77 bits per heavy atom. The highest BCUT2D eigenvalue weighted by atomic mass is 79.9. The van der Waals surface area contributed by atoms with Crippen LogP contribution in [-0.4, -0.2) is 31.6 Å². The monoisotopic (exact) mass is 513 g/mol. The van der Waals surface area contributed by atoms with Crippen molar-refractivity contribution in [2.75, 3.05) is 11.9 Å². The average Bonchev–Trinajstić information content (AvgIpc) is 2.62. The first-order chi connectivity index (χ1) is 13.9. The molecule has 3 N–H and O–H groups in total. The molecule has 0 aliphatic rings. The maximum Gasteiger partial charge on any atom is 0.257 e. The van der Waals surface area contributed by atoms with Crippen LogP contribution in [-0.2, 0) is 10.0 Å². The van der Waals surface area contributed by atoms with Gasteiger partial charge < -0.3 is 10.1 Å². The number of hydrogen-bond acceptors (Lipinski definition) is 5. The normalized spacial score (nSPS) is 11.6. The molecule has 0 radical (unpaired) electrons. The van der Waals surface area contributed by atoms with Crippen LogP contribution in [0.25, 0.3) is 0 Å². The minimum absolute atomic E-state index is 0.0911. The van der Waals surface area contributed by atoms with Gasteiger partial charge in [-0.25, -0.2) is 13.1 Å². The highest BCUT2D eigenvalue weighted by Crippen LogP contribution is 2.26. The summed E-state index contributed by atoms with van der Waals surface area (Å²) < 4.78 is 33.4. The first kappa shape index (κ1) is 24.3. The third-order valence-electron chi connectivity index (χ3n) is 3.58. The molecule has 30 heavy (non-hydrogen) atoms. The topological polar surface area (TPSA) is 96.5 Å². The van der Waals surface area contributed by atoms with Crippen LogP contribution in [0.1, 0.15) is 38.1 Å². The predicted molar refractivity (Wildman–Crippen MR) is 126 cm³/mol. The quantitative estimate of drug-likeness (QED) is 0.504. The molecule has 0 fully saturated rings. The van der Waals surface area contributed by atoms with Gasteiger partial charge in [-0.3, -0.25) is 10.1 Å². The molecular weight excluding hydrogens is 490 g/mol. The molecule has 0 aliphatic heterocycles. The van der Waals surface area contributed by atoms with Gasteiger partial charge >= 0.3 is 0 Å². The highest BCUT2D eigenvalue weighted by Gasteiger charge is 2.21. The number of sulfonamides is 1. The zero-order valence-corrected chi connectivity index (χ0v) is 20.3. The Balaban J connectivity index is 2.01. The van der Waals surface area contributed by atoms with Gasteiger partial charge in [0.2, 0.25) is 10.0 Å². The van der Waals surface area contributed by atoms with Crippen LogP contribution < -0.4 is 20.1 Å². The number of rotatable bonds is 6. The summed E-state index contributed by atoms with van der Waals surface area (Å²) in [6.45, 7) is 7.70. The molecule has 0 spiro atoms. The summed E-state index contributed by atoms with van der Waals surface area (Å²) in [5.41, 5.74) is 0.365. The Morgan fingerprint density at radius 1 is 1.13 bits per heavy atom. The molecule has 1 amide bonds. The molecule has 0 saturated heterocycles. The van der Waals surface area contributed by atoms with Crippen LogP contribution in [0.2, 0.25) is 0 Å². The molecule has 0 atom stereocenters. The zero-order valence-electron chi connectivity index (χ0n) is 17.1. The van der Waals surface area contributed by atoms with Crippen molar-refractivity contribution < 1.29 is 17.9 Å². The minimum Gasteiger partial charge on any atom is -0.493 e. The summed E-state index contributed by atoms with van der Waals surface area (Å²) >= 11 is 8.55. The van der Waals surface area contributed by atoms with Crippen molar-refractivity contribution in [3.8, 4) is 5.75 Å². The van der Waals surface area contributed by atoms with Gasteiger partial charge in [-0.05, 0) is 98.3 Å². The number of nitrogens with one attached hydrogen (secondary N) is 3. The summed E-state index contributed by atoms with van der Waals surface area (Å²) in [5, 5.41) is 5.54. The second-order valence-electron chi connectivity index (χ2n) is 7.37. The molecule has 7 nitrogen and oxygen atoms in total. The molecule has 0 unspecified atom stereocenters.